The van der Waals surface area contributed by atoms with E-state index in [2.05, 4.69) is 43.0 Å². The van der Waals surface area contributed by atoms with Crippen molar-refractivity contribution >= 4 is 5.97 Å². The van der Waals surface area contributed by atoms with Crippen molar-refractivity contribution in [3.05, 3.63) is 73.9 Å². The Bertz CT molecular complexity index is 606. The zero-order chi connectivity index (χ0) is 15.1. The fraction of sp³-hybridized carbons (Fsp3) is 0.118. The van der Waals surface area contributed by atoms with E-state index in [1.165, 1.54) is 7.14 Å². The number of esters is 1. The van der Waals surface area contributed by atoms with E-state index < -0.39 is 5.97 Å². The van der Waals surface area contributed by atoms with Crippen molar-refractivity contribution in [3.63, 3.8) is 0 Å². The zero-order valence-electron chi connectivity index (χ0n) is 11.7. The molecule has 0 atom stereocenters. The summed E-state index contributed by atoms with van der Waals surface area (Å²) in [5.41, 5.74) is 0.363. The molecule has 4 heteroatoms. The van der Waals surface area contributed by atoms with Gasteiger partial charge in [-0.25, -0.2) is 0 Å². The Hall–Kier alpha value is -1.82. The van der Waals surface area contributed by atoms with Crippen LogP contribution in [0.5, 0.6) is 5.75 Å². The van der Waals surface area contributed by atoms with Crippen molar-refractivity contribution in [1.29, 1.82) is 0 Å². The fourth-order valence-electron chi connectivity index (χ4n) is 1.47. The van der Waals surface area contributed by atoms with Crippen LogP contribution < -0.4 is 25.9 Å². The third-order valence-corrected chi connectivity index (χ3v) is 5.21. The van der Waals surface area contributed by atoms with E-state index in [1.54, 1.807) is 6.92 Å². The van der Waals surface area contributed by atoms with Crippen LogP contribution in [0.3, 0.4) is 0 Å². The Labute approximate surface area is 134 Å². The average molecular weight is 395 g/mol. The maximum absolute atomic E-state index is 11.2. The molecule has 0 aliphatic rings. The van der Waals surface area contributed by atoms with E-state index in [0.29, 0.717) is 11.3 Å². The summed E-state index contributed by atoms with van der Waals surface area (Å²) in [6.45, 7) is 5.01. The summed E-state index contributed by atoms with van der Waals surface area (Å²) in [5.74, 6) is 0.242. The summed E-state index contributed by atoms with van der Waals surface area (Å²) in [6.07, 6.45) is 0. The second-order valence-electron chi connectivity index (χ2n) is 4.32. The quantitative estimate of drug-likeness (QED) is 0.305. The van der Waals surface area contributed by atoms with Crippen LogP contribution in [0.1, 0.15) is 6.92 Å². The molecular weight excluding hydrogens is 379 g/mol. The van der Waals surface area contributed by atoms with Gasteiger partial charge in [-0.2, -0.15) is 0 Å². The maximum atomic E-state index is 11.2. The number of hydrogen-bond donors (Lipinski definition) is 0. The molecule has 3 nitrogen and oxygen atoms in total. The van der Waals surface area contributed by atoms with Crippen molar-refractivity contribution in [3.8, 4) is 5.75 Å². The van der Waals surface area contributed by atoms with Gasteiger partial charge in [0, 0.05) is 0 Å². The van der Waals surface area contributed by atoms with Gasteiger partial charge in [0.25, 0.3) is 0 Å². The van der Waals surface area contributed by atoms with E-state index in [4.69, 9.17) is 9.47 Å². The number of carbonyl (C=O) groups excluding carboxylic acids is 1. The van der Waals surface area contributed by atoms with Crippen LogP contribution >= 0.6 is 0 Å². The monoisotopic (exact) mass is 395 g/mol. The van der Waals surface area contributed by atoms with E-state index in [1.807, 2.05) is 18.2 Å². The van der Waals surface area contributed by atoms with E-state index in [9.17, 15) is 4.79 Å². The number of rotatable bonds is 6. The molecule has 0 spiro atoms. The van der Waals surface area contributed by atoms with Crippen LogP contribution in [0.4, 0.5) is 0 Å². The first-order valence-corrected chi connectivity index (χ1v) is 8.56. The Morgan fingerprint density at radius 2 is 1.67 bits per heavy atom. The SMILES string of the molecule is C=C(C)C(=O)OCOc1ccc([I-]c2ccccc2)cc1. The van der Waals surface area contributed by atoms with Gasteiger partial charge in [0.1, 0.15) is 0 Å². The molecule has 0 saturated carbocycles. The number of halogens is 1. The summed E-state index contributed by atoms with van der Waals surface area (Å²) < 4.78 is 12.9. The summed E-state index contributed by atoms with van der Waals surface area (Å²) in [6, 6.07) is 18.3. The predicted molar refractivity (Wildman–Crippen MR) is 76.7 cm³/mol. The second-order valence-corrected chi connectivity index (χ2v) is 7.35. The topological polar surface area (TPSA) is 35.5 Å². The number of hydrogen-bond acceptors (Lipinski definition) is 3. The Balaban J connectivity index is 1.85. The molecule has 0 aromatic heterocycles. The summed E-state index contributed by atoms with van der Waals surface area (Å²) >= 11 is -0.170. The molecule has 2 aromatic rings. The molecule has 0 amide bonds. The third kappa shape index (κ3) is 5.23. The Morgan fingerprint density at radius 3 is 2.29 bits per heavy atom. The normalized spacial score (nSPS) is 10.1. The van der Waals surface area contributed by atoms with Crippen molar-refractivity contribution in [2.24, 2.45) is 0 Å². The van der Waals surface area contributed by atoms with Crippen LogP contribution in [-0.2, 0) is 9.53 Å². The molecule has 0 heterocycles. The van der Waals surface area contributed by atoms with Crippen molar-refractivity contribution in [2.75, 3.05) is 6.79 Å². The minimum absolute atomic E-state index is 0.0984. The molecule has 0 saturated heterocycles. The summed E-state index contributed by atoms with van der Waals surface area (Å²) in [4.78, 5) is 11.2. The van der Waals surface area contributed by atoms with Gasteiger partial charge >= 0.3 is 135 Å². The fourth-order valence-corrected chi connectivity index (χ4v) is 3.68. The molecule has 0 radical (unpaired) electrons. The van der Waals surface area contributed by atoms with Gasteiger partial charge in [0.05, 0.1) is 0 Å². The zero-order valence-corrected chi connectivity index (χ0v) is 13.9. The van der Waals surface area contributed by atoms with Crippen LogP contribution in [0.25, 0.3) is 0 Å². The summed E-state index contributed by atoms with van der Waals surface area (Å²) in [7, 11) is 0. The molecule has 2 rings (SSSR count). The second kappa shape index (κ2) is 7.83. The first-order chi connectivity index (χ1) is 10.1. The first kappa shape index (κ1) is 15.6. The van der Waals surface area contributed by atoms with E-state index in [0.717, 1.165) is 0 Å². The average Bonchev–Trinajstić information content (AvgIpc) is 2.50. The van der Waals surface area contributed by atoms with Crippen molar-refractivity contribution < 1.29 is 35.5 Å². The van der Waals surface area contributed by atoms with E-state index >= 15 is 0 Å². The first-order valence-electron chi connectivity index (χ1n) is 6.40. The molecule has 0 aliphatic carbocycles. The standard InChI is InChI=1S/C17H16IO3/c1-13(2)17(19)21-12-20-16-10-8-15(9-11-16)18-14-6-4-3-5-7-14/h3-11H,1,12H2,2H3/q-1. The number of benzene rings is 2. The van der Waals surface area contributed by atoms with Crippen LogP contribution in [-0.4, -0.2) is 12.8 Å². The molecule has 0 bridgehead atoms. The van der Waals surface area contributed by atoms with Gasteiger partial charge in [0.15, 0.2) is 0 Å². The van der Waals surface area contributed by atoms with E-state index in [-0.39, 0.29) is 28.0 Å². The summed E-state index contributed by atoms with van der Waals surface area (Å²) in [5, 5.41) is 0. The van der Waals surface area contributed by atoms with Gasteiger partial charge in [-0.3, -0.25) is 0 Å². The third-order valence-electron chi connectivity index (χ3n) is 2.53. The van der Waals surface area contributed by atoms with Gasteiger partial charge < -0.3 is 0 Å². The Morgan fingerprint density at radius 1 is 1.05 bits per heavy atom. The Kier molecular flexibility index (Phi) is 5.80. The van der Waals surface area contributed by atoms with Crippen molar-refractivity contribution in [2.45, 2.75) is 6.92 Å². The minimum atomic E-state index is -0.443. The number of ether oxygens (including phenoxy) is 2. The van der Waals surface area contributed by atoms with Crippen LogP contribution in [0, 0.1) is 7.14 Å². The molecule has 0 fully saturated rings. The molecular formula is C17H16IO3-. The van der Waals surface area contributed by atoms with Crippen LogP contribution in [0.15, 0.2) is 66.7 Å². The molecule has 0 aliphatic heterocycles. The van der Waals surface area contributed by atoms with Crippen molar-refractivity contribution in [1.82, 2.24) is 0 Å². The van der Waals surface area contributed by atoms with Gasteiger partial charge in [0.2, 0.25) is 0 Å². The van der Waals surface area contributed by atoms with Crippen LogP contribution in [0.2, 0.25) is 0 Å². The molecule has 0 unspecified atom stereocenters. The molecule has 2 aromatic carbocycles. The molecule has 110 valence electrons. The predicted octanol–water partition coefficient (Wildman–Crippen LogP) is 0.271. The van der Waals surface area contributed by atoms with Gasteiger partial charge in [-0.15, -0.1) is 0 Å². The van der Waals surface area contributed by atoms with Gasteiger partial charge in [-0.1, -0.05) is 0 Å². The molecule has 0 N–H and O–H groups in total. The molecule has 21 heavy (non-hydrogen) atoms. The van der Waals surface area contributed by atoms with Gasteiger partial charge in [-0.05, 0) is 0 Å². The number of carbonyl (C=O) groups is 1.